The van der Waals surface area contributed by atoms with Crippen LogP contribution in [0, 0.1) is 15.3 Å². The highest BCUT2D eigenvalue weighted by atomic mass is 16.6. The van der Waals surface area contributed by atoms with Gasteiger partial charge in [-0.2, -0.15) is 0 Å². The van der Waals surface area contributed by atoms with Gasteiger partial charge < -0.3 is 26.2 Å². The zero-order chi connectivity index (χ0) is 29.5. The summed E-state index contributed by atoms with van der Waals surface area (Å²) < 4.78 is 0. The number of nitro benzene ring substituents is 1. The van der Waals surface area contributed by atoms with Crippen LogP contribution in [0.4, 0.5) is 21.9 Å². The number of aromatic nitrogens is 1. The molecule has 11 heteroatoms. The Balaban J connectivity index is 1.58. The maximum absolute atomic E-state index is 13.9. The van der Waals surface area contributed by atoms with E-state index in [1.165, 1.54) is 13.1 Å². The smallest absolute Gasteiger partial charge is 0.320 e. The molecular formula is C30H35N6O5-. The first kappa shape index (κ1) is 29.5. The quantitative estimate of drug-likeness (QED) is 0.232. The van der Waals surface area contributed by atoms with Crippen LogP contribution in [0.3, 0.4) is 0 Å². The molecule has 41 heavy (non-hydrogen) atoms. The van der Waals surface area contributed by atoms with Crippen molar-refractivity contribution in [3.8, 4) is 0 Å². The minimum absolute atomic E-state index is 0.111. The molecule has 11 nitrogen and oxygen atoms in total. The molecule has 2 aromatic carbocycles. The fourth-order valence-electron chi connectivity index (χ4n) is 5.44. The van der Waals surface area contributed by atoms with Gasteiger partial charge in [0.1, 0.15) is 5.54 Å². The molecule has 0 spiro atoms. The van der Waals surface area contributed by atoms with Gasteiger partial charge in [-0.3, -0.25) is 19.9 Å². The fraction of sp³-hybridized carbons (Fsp3) is 0.367. The number of rotatable bonds is 10. The Hall–Kier alpha value is -4.51. The highest BCUT2D eigenvalue weighted by Crippen LogP contribution is 2.38. The lowest BCUT2D eigenvalue weighted by Crippen LogP contribution is -2.60. The highest BCUT2D eigenvalue weighted by Gasteiger charge is 2.40. The summed E-state index contributed by atoms with van der Waals surface area (Å²) >= 11 is 0. The van der Waals surface area contributed by atoms with Crippen molar-refractivity contribution in [3.05, 3.63) is 99.5 Å². The van der Waals surface area contributed by atoms with E-state index in [0.29, 0.717) is 28.5 Å². The van der Waals surface area contributed by atoms with Crippen molar-refractivity contribution < 1.29 is 14.5 Å². The monoisotopic (exact) mass is 559 g/mol. The molecule has 1 aliphatic carbocycles. The number of anilines is 2. The third kappa shape index (κ3) is 7.17. The van der Waals surface area contributed by atoms with E-state index < -0.39 is 22.4 Å². The molecule has 3 amide bonds. The van der Waals surface area contributed by atoms with Crippen LogP contribution in [-0.4, -0.2) is 41.0 Å². The summed E-state index contributed by atoms with van der Waals surface area (Å²) in [7, 11) is 1.37. The number of pyridine rings is 1. The molecule has 0 unspecified atom stereocenters. The Morgan fingerprint density at radius 3 is 2.34 bits per heavy atom. The van der Waals surface area contributed by atoms with Gasteiger partial charge in [-0.15, -0.1) is 0 Å². The Labute approximate surface area is 239 Å². The molecule has 3 aromatic rings. The predicted molar refractivity (Wildman–Crippen MR) is 158 cm³/mol. The number of hydrogen-bond donors (Lipinski definition) is 3. The summed E-state index contributed by atoms with van der Waals surface area (Å²) in [6.45, 7) is 1.88. The summed E-state index contributed by atoms with van der Waals surface area (Å²) in [6.07, 6.45) is 6.52. The topological polar surface area (TPSA) is 153 Å². The number of nitro groups is 1. The van der Waals surface area contributed by atoms with Gasteiger partial charge in [0, 0.05) is 53.3 Å². The van der Waals surface area contributed by atoms with Crippen LogP contribution < -0.4 is 21.0 Å². The van der Waals surface area contributed by atoms with E-state index in [9.17, 15) is 24.9 Å². The summed E-state index contributed by atoms with van der Waals surface area (Å²) in [5.74, 6) is -0.463. The van der Waals surface area contributed by atoms with Gasteiger partial charge in [-0.05, 0) is 63.2 Å². The highest BCUT2D eigenvalue weighted by molar-refractivity contribution is 5.96. The molecule has 1 heterocycles. The van der Waals surface area contributed by atoms with Crippen molar-refractivity contribution in [1.82, 2.24) is 15.6 Å². The number of carbonyl (C=O) groups excluding carboxylic acids is 2. The van der Waals surface area contributed by atoms with Crippen LogP contribution >= 0.6 is 0 Å². The van der Waals surface area contributed by atoms with Crippen molar-refractivity contribution in [3.63, 3.8) is 0 Å². The lowest BCUT2D eigenvalue weighted by atomic mass is 9.71. The number of urea groups is 1. The Kier molecular flexibility index (Phi) is 9.18. The standard InChI is InChI=1S/C30H35N6O5/c1-29(20-22-10-4-5-11-25(22)36(40)41,34-28(38)33-23-13-15-24(16-14-23)35(2)39)27(37)32-21-30(17-7-3-8-18-30)26-12-6-9-19-31-26/h4-6,9-16,19H,3,7-8,17-18,20-21H2,1-2H3,(H,32,37)(H2,33,34,38)/q-1/t29-/m0/s1. The van der Waals surface area contributed by atoms with E-state index in [1.54, 1.807) is 55.6 Å². The summed E-state index contributed by atoms with van der Waals surface area (Å²) in [5.41, 5.74) is 0.0507. The predicted octanol–water partition coefficient (Wildman–Crippen LogP) is 5.07. The average molecular weight is 560 g/mol. The van der Waals surface area contributed by atoms with E-state index in [-0.39, 0.29) is 17.5 Å². The number of hydrogen-bond acceptors (Lipinski definition) is 7. The summed E-state index contributed by atoms with van der Waals surface area (Å²) in [5, 5.41) is 32.4. The van der Waals surface area contributed by atoms with E-state index >= 15 is 0 Å². The molecule has 0 aliphatic heterocycles. The molecular weight excluding hydrogens is 524 g/mol. The number of nitrogens with one attached hydrogen (secondary N) is 3. The lowest BCUT2D eigenvalue weighted by Gasteiger charge is -2.38. The van der Waals surface area contributed by atoms with Gasteiger partial charge in [0.05, 0.1) is 4.92 Å². The maximum atomic E-state index is 13.9. The second kappa shape index (κ2) is 12.8. The molecule has 0 radical (unpaired) electrons. The van der Waals surface area contributed by atoms with Crippen molar-refractivity contribution in [1.29, 1.82) is 0 Å². The summed E-state index contributed by atoms with van der Waals surface area (Å²) in [4.78, 5) is 42.8. The third-order valence-corrected chi connectivity index (χ3v) is 7.72. The minimum Gasteiger partial charge on any atom is -0.758 e. The van der Waals surface area contributed by atoms with E-state index in [4.69, 9.17) is 0 Å². The Morgan fingerprint density at radius 1 is 1.02 bits per heavy atom. The first-order chi connectivity index (χ1) is 19.6. The second-order valence-electron chi connectivity index (χ2n) is 10.8. The van der Waals surface area contributed by atoms with Gasteiger partial charge >= 0.3 is 6.03 Å². The maximum Gasteiger partial charge on any atom is 0.320 e. The number of nitrogens with zero attached hydrogens (tertiary/aromatic N) is 3. The SMILES string of the molecule is CN([O-])c1ccc(NC(=O)N[C@@](C)(Cc2ccccc2[N+](=O)[O-])C(=O)NCC2(c3ccccn3)CCCCC2)cc1. The third-order valence-electron chi connectivity index (χ3n) is 7.72. The van der Waals surface area contributed by atoms with Crippen LogP contribution in [-0.2, 0) is 16.6 Å². The van der Waals surface area contributed by atoms with Crippen molar-refractivity contribution in [2.45, 2.75) is 56.4 Å². The first-order valence-corrected chi connectivity index (χ1v) is 13.6. The number of hydroxylamine groups is 1. The van der Waals surface area contributed by atoms with Crippen molar-refractivity contribution >= 4 is 29.0 Å². The molecule has 1 atom stereocenters. The van der Waals surface area contributed by atoms with E-state index in [0.717, 1.165) is 37.8 Å². The van der Waals surface area contributed by atoms with Crippen LogP contribution in [0.15, 0.2) is 72.9 Å². The normalized spacial score (nSPS) is 15.7. The van der Waals surface area contributed by atoms with Crippen molar-refractivity contribution in [2.75, 3.05) is 24.0 Å². The molecule has 3 N–H and O–H groups in total. The van der Waals surface area contributed by atoms with Crippen LogP contribution in [0.25, 0.3) is 0 Å². The van der Waals surface area contributed by atoms with Gasteiger partial charge in [-0.1, -0.05) is 43.5 Å². The number of benzene rings is 2. The molecule has 1 saturated carbocycles. The zero-order valence-electron chi connectivity index (χ0n) is 23.3. The minimum atomic E-state index is -1.54. The molecule has 4 rings (SSSR count). The zero-order valence-corrected chi connectivity index (χ0v) is 23.3. The molecule has 1 fully saturated rings. The molecule has 1 aromatic heterocycles. The lowest BCUT2D eigenvalue weighted by molar-refractivity contribution is -0.385. The number of amides is 3. The van der Waals surface area contributed by atoms with Crippen molar-refractivity contribution in [2.24, 2.45) is 0 Å². The van der Waals surface area contributed by atoms with Gasteiger partial charge in [0.2, 0.25) is 5.91 Å². The Bertz CT molecular complexity index is 1360. The second-order valence-corrected chi connectivity index (χ2v) is 10.8. The van der Waals surface area contributed by atoms with E-state index in [1.807, 2.05) is 18.2 Å². The van der Waals surface area contributed by atoms with Crippen LogP contribution in [0.2, 0.25) is 0 Å². The van der Waals surface area contributed by atoms with Gasteiger partial charge in [0.15, 0.2) is 0 Å². The number of carbonyl (C=O) groups is 2. The summed E-state index contributed by atoms with van der Waals surface area (Å²) in [6, 6.07) is 17.5. The average Bonchev–Trinajstić information content (AvgIpc) is 2.97. The van der Waals surface area contributed by atoms with E-state index in [2.05, 4.69) is 20.9 Å². The van der Waals surface area contributed by atoms with Gasteiger partial charge in [0.25, 0.3) is 5.69 Å². The Morgan fingerprint density at radius 2 is 1.71 bits per heavy atom. The molecule has 0 bridgehead atoms. The molecule has 216 valence electrons. The molecule has 1 aliphatic rings. The largest absolute Gasteiger partial charge is 0.758 e. The molecule has 0 saturated heterocycles. The first-order valence-electron chi connectivity index (χ1n) is 13.6. The van der Waals surface area contributed by atoms with Gasteiger partial charge in [-0.25, -0.2) is 4.79 Å². The number of para-hydroxylation sites is 1. The van der Waals surface area contributed by atoms with Crippen LogP contribution in [0.5, 0.6) is 0 Å². The fourth-order valence-corrected chi connectivity index (χ4v) is 5.44. The van der Waals surface area contributed by atoms with Crippen LogP contribution in [0.1, 0.15) is 50.3 Å².